The van der Waals surface area contributed by atoms with Crippen molar-refractivity contribution in [3.05, 3.63) is 53.1 Å². The van der Waals surface area contributed by atoms with Crippen LogP contribution in [0.2, 0.25) is 0 Å². The lowest BCUT2D eigenvalue weighted by molar-refractivity contribution is -0.149. The van der Waals surface area contributed by atoms with E-state index in [2.05, 4.69) is 19.2 Å². The van der Waals surface area contributed by atoms with Gasteiger partial charge in [0, 0.05) is 10.6 Å². The Kier molecular flexibility index (Phi) is 8.10. The molecule has 0 aromatic heterocycles. The molecule has 0 aliphatic heterocycles. The highest BCUT2D eigenvalue weighted by Crippen LogP contribution is 2.24. The molecule has 6 nitrogen and oxygen atoms in total. The molecular weight excluding hydrogens is 388 g/mol. The number of nitriles is 1. The van der Waals surface area contributed by atoms with Crippen LogP contribution in [0.4, 0.5) is 5.69 Å². The molecule has 152 valence electrons. The number of aryl methyl sites for hydroxylation is 2. The monoisotopic (exact) mass is 412 g/mol. The molecule has 2 aromatic carbocycles. The van der Waals surface area contributed by atoms with E-state index in [0.717, 1.165) is 27.8 Å². The fourth-order valence-corrected chi connectivity index (χ4v) is 3.27. The second kappa shape index (κ2) is 10.5. The molecule has 0 unspecified atom stereocenters. The fourth-order valence-electron chi connectivity index (χ4n) is 2.79. The molecule has 0 aliphatic rings. The van der Waals surface area contributed by atoms with Crippen molar-refractivity contribution in [2.24, 2.45) is 0 Å². The lowest BCUT2D eigenvalue weighted by Crippen LogP contribution is -2.24. The highest BCUT2D eigenvalue weighted by atomic mass is 32.2. The highest BCUT2D eigenvalue weighted by Gasteiger charge is 2.11. The Morgan fingerprint density at radius 1 is 1.10 bits per heavy atom. The molecule has 1 amide bonds. The first-order valence-electron chi connectivity index (χ1n) is 9.15. The Hall–Kier alpha value is -2.98. The minimum atomic E-state index is -0.622. The Bertz CT molecular complexity index is 935. The third-order valence-corrected chi connectivity index (χ3v) is 4.80. The van der Waals surface area contributed by atoms with Crippen LogP contribution in [0.1, 0.15) is 36.5 Å². The first-order chi connectivity index (χ1) is 13.8. The molecule has 2 aromatic rings. The zero-order chi connectivity index (χ0) is 21.4. The van der Waals surface area contributed by atoms with Crippen molar-refractivity contribution in [2.45, 2.75) is 38.5 Å². The van der Waals surface area contributed by atoms with Crippen molar-refractivity contribution in [2.75, 3.05) is 18.5 Å². The number of thiocyanates is 1. The zero-order valence-electron chi connectivity index (χ0n) is 16.9. The fraction of sp³-hybridized carbons (Fsp3) is 0.318. The summed E-state index contributed by atoms with van der Waals surface area (Å²) < 4.78 is 10.4. The van der Waals surface area contributed by atoms with E-state index in [1.807, 2.05) is 37.4 Å². The van der Waals surface area contributed by atoms with Crippen LogP contribution in [0, 0.1) is 24.5 Å². The number of carbonyl (C=O) groups is 2. The van der Waals surface area contributed by atoms with Gasteiger partial charge in [0.15, 0.2) is 13.2 Å². The number of anilines is 1. The zero-order valence-corrected chi connectivity index (χ0v) is 17.8. The van der Waals surface area contributed by atoms with Gasteiger partial charge in [-0.2, -0.15) is 5.26 Å². The van der Waals surface area contributed by atoms with E-state index in [4.69, 9.17) is 14.7 Å². The smallest absolute Gasteiger partial charge is 0.344 e. The van der Waals surface area contributed by atoms with Gasteiger partial charge in [0.25, 0.3) is 5.91 Å². The van der Waals surface area contributed by atoms with Crippen LogP contribution in [0.5, 0.6) is 5.75 Å². The molecule has 0 heterocycles. The number of hydrogen-bond acceptors (Lipinski definition) is 6. The summed E-state index contributed by atoms with van der Waals surface area (Å²) in [5.41, 5.74) is 3.74. The third kappa shape index (κ3) is 6.84. The molecule has 0 saturated carbocycles. The molecule has 0 radical (unpaired) electrons. The summed E-state index contributed by atoms with van der Waals surface area (Å²) in [6.07, 6.45) is 0. The molecule has 0 aliphatic carbocycles. The summed E-state index contributed by atoms with van der Waals surface area (Å²) in [5, 5.41) is 13.4. The maximum Gasteiger partial charge on any atom is 0.344 e. The predicted molar refractivity (Wildman–Crippen MR) is 113 cm³/mol. The second-order valence-electron chi connectivity index (χ2n) is 6.84. The predicted octanol–water partition coefficient (Wildman–Crippen LogP) is 4.56. The van der Waals surface area contributed by atoms with Crippen molar-refractivity contribution in [3.63, 3.8) is 0 Å². The summed E-state index contributed by atoms with van der Waals surface area (Å²) in [4.78, 5) is 24.7. The lowest BCUT2D eigenvalue weighted by Gasteiger charge is -2.12. The largest absolute Gasteiger partial charge is 0.482 e. The molecule has 0 bridgehead atoms. The van der Waals surface area contributed by atoms with Crippen LogP contribution in [0.25, 0.3) is 0 Å². The topological polar surface area (TPSA) is 88.4 Å². The number of benzene rings is 2. The normalized spacial score (nSPS) is 10.3. The molecule has 0 spiro atoms. The van der Waals surface area contributed by atoms with Crippen molar-refractivity contribution < 1.29 is 19.1 Å². The average molecular weight is 413 g/mol. The Balaban J connectivity index is 1.79. The van der Waals surface area contributed by atoms with Gasteiger partial charge >= 0.3 is 5.97 Å². The molecule has 2 rings (SSSR count). The van der Waals surface area contributed by atoms with E-state index in [1.54, 1.807) is 18.2 Å². The number of hydrogen-bond donors (Lipinski definition) is 1. The summed E-state index contributed by atoms with van der Waals surface area (Å²) in [7, 11) is 0. The van der Waals surface area contributed by atoms with Crippen LogP contribution < -0.4 is 10.1 Å². The van der Waals surface area contributed by atoms with E-state index >= 15 is 0 Å². The van der Waals surface area contributed by atoms with E-state index in [-0.39, 0.29) is 6.61 Å². The van der Waals surface area contributed by atoms with Gasteiger partial charge in [-0.05, 0) is 78.5 Å². The number of nitrogens with zero attached hydrogens (tertiary/aromatic N) is 1. The summed E-state index contributed by atoms with van der Waals surface area (Å²) in [6, 6.07) is 10.9. The number of nitrogens with one attached hydrogen (secondary N) is 1. The molecular formula is C22H24N2O4S. The van der Waals surface area contributed by atoms with E-state index in [1.165, 1.54) is 5.56 Å². The first-order valence-corrected chi connectivity index (χ1v) is 9.97. The van der Waals surface area contributed by atoms with E-state index in [0.29, 0.717) is 17.4 Å². The maximum absolute atomic E-state index is 12.0. The Morgan fingerprint density at radius 2 is 1.86 bits per heavy atom. The number of rotatable bonds is 8. The van der Waals surface area contributed by atoms with Crippen LogP contribution >= 0.6 is 11.8 Å². The molecule has 1 N–H and O–H groups in total. The van der Waals surface area contributed by atoms with Gasteiger partial charge in [-0.15, -0.1) is 0 Å². The highest BCUT2D eigenvalue weighted by molar-refractivity contribution is 8.03. The number of thioether (sulfide) groups is 1. The van der Waals surface area contributed by atoms with Crippen molar-refractivity contribution in [1.82, 2.24) is 0 Å². The van der Waals surface area contributed by atoms with Gasteiger partial charge < -0.3 is 14.8 Å². The van der Waals surface area contributed by atoms with Crippen LogP contribution in [-0.4, -0.2) is 25.1 Å². The summed E-state index contributed by atoms with van der Waals surface area (Å²) in [5.74, 6) is -0.0702. The van der Waals surface area contributed by atoms with Gasteiger partial charge in [-0.25, -0.2) is 4.79 Å². The maximum atomic E-state index is 12.0. The second-order valence-corrected chi connectivity index (χ2v) is 7.70. The average Bonchev–Trinajstić information content (AvgIpc) is 2.67. The summed E-state index contributed by atoms with van der Waals surface area (Å²) in [6.45, 7) is 7.38. The van der Waals surface area contributed by atoms with E-state index < -0.39 is 18.5 Å². The standard InChI is InChI=1S/C22H24N2O4S/c1-14(2)19-7-5-17(9-15(19)3)27-12-22(26)28-11-21(25)24-20-8-6-18(29-13-23)10-16(20)4/h5-10,14H,11-12H2,1-4H3,(H,24,25). The minimum absolute atomic E-state index is 0.271. The molecule has 0 atom stereocenters. The first kappa shape index (κ1) is 22.3. The lowest BCUT2D eigenvalue weighted by atomic mass is 9.98. The van der Waals surface area contributed by atoms with Gasteiger partial charge in [0.1, 0.15) is 11.2 Å². The number of ether oxygens (including phenoxy) is 2. The molecule has 0 fully saturated rings. The van der Waals surface area contributed by atoms with Gasteiger partial charge in [0.2, 0.25) is 0 Å². The Labute approximate surface area is 175 Å². The number of esters is 1. The van der Waals surface area contributed by atoms with Crippen molar-refractivity contribution >= 4 is 29.3 Å². The van der Waals surface area contributed by atoms with Crippen LogP contribution in [0.15, 0.2) is 41.3 Å². The number of carbonyl (C=O) groups excluding carboxylic acids is 2. The van der Waals surface area contributed by atoms with Crippen molar-refractivity contribution in [1.29, 1.82) is 5.26 Å². The minimum Gasteiger partial charge on any atom is -0.482 e. The molecule has 0 saturated heterocycles. The van der Waals surface area contributed by atoms with Gasteiger partial charge in [0.05, 0.1) is 0 Å². The third-order valence-electron chi connectivity index (χ3n) is 4.22. The van der Waals surface area contributed by atoms with Gasteiger partial charge in [-0.3, -0.25) is 4.79 Å². The molecule has 7 heteroatoms. The molecule has 29 heavy (non-hydrogen) atoms. The number of amides is 1. The van der Waals surface area contributed by atoms with E-state index in [9.17, 15) is 9.59 Å². The van der Waals surface area contributed by atoms with Crippen LogP contribution in [0.3, 0.4) is 0 Å². The SMILES string of the molecule is Cc1cc(SC#N)ccc1NC(=O)COC(=O)COc1ccc(C(C)C)c(C)c1. The quantitative estimate of drug-likeness (QED) is 0.388. The van der Waals surface area contributed by atoms with Crippen molar-refractivity contribution in [3.8, 4) is 11.2 Å². The van der Waals surface area contributed by atoms with Gasteiger partial charge in [-0.1, -0.05) is 19.9 Å². The summed E-state index contributed by atoms with van der Waals surface area (Å²) >= 11 is 1.05. The Morgan fingerprint density at radius 3 is 2.48 bits per heavy atom. The van der Waals surface area contributed by atoms with Crippen LogP contribution in [-0.2, 0) is 14.3 Å².